The Hall–Kier alpha value is -6.49. The minimum atomic E-state index is -0.515. The number of ether oxygens (including phenoxy) is 1. The molecule has 0 N–H and O–H groups in total. The highest BCUT2D eigenvalue weighted by Gasteiger charge is 2.51. The molecule has 0 unspecified atom stereocenters. The summed E-state index contributed by atoms with van der Waals surface area (Å²) in [7, 11) is 0. The van der Waals surface area contributed by atoms with E-state index in [9.17, 15) is 0 Å². The zero-order valence-electron chi connectivity index (χ0n) is 29.1. The van der Waals surface area contributed by atoms with Gasteiger partial charge in [0.1, 0.15) is 17.3 Å². The van der Waals surface area contributed by atoms with E-state index in [1.54, 1.807) is 0 Å². The number of nitrogens with zero attached hydrogens (tertiary/aromatic N) is 2. The van der Waals surface area contributed by atoms with Crippen molar-refractivity contribution < 1.29 is 4.74 Å². The molecule has 0 bridgehead atoms. The van der Waals surface area contributed by atoms with Gasteiger partial charge in [-0.3, -0.25) is 4.57 Å². The Kier molecular flexibility index (Phi) is 6.92. The lowest BCUT2D eigenvalue weighted by molar-refractivity contribution is 0.436. The maximum atomic E-state index is 6.55. The van der Waals surface area contributed by atoms with Gasteiger partial charge in [0.2, 0.25) is 0 Å². The van der Waals surface area contributed by atoms with E-state index in [4.69, 9.17) is 9.72 Å². The second-order valence-electron chi connectivity index (χ2n) is 14.0. The lowest BCUT2D eigenvalue weighted by Crippen LogP contribution is -2.32. The fraction of sp³-hybridized carbons (Fsp3) is 0.0200. The molecule has 2 heterocycles. The summed E-state index contributed by atoms with van der Waals surface area (Å²) in [6.07, 6.45) is 0. The lowest BCUT2D eigenvalue weighted by atomic mass is 9.66. The van der Waals surface area contributed by atoms with Gasteiger partial charge >= 0.3 is 0 Å². The third-order valence-electron chi connectivity index (χ3n) is 11.2. The molecule has 0 saturated carbocycles. The van der Waals surface area contributed by atoms with Crippen LogP contribution in [0.3, 0.4) is 0 Å². The van der Waals surface area contributed by atoms with Crippen LogP contribution in [-0.2, 0) is 5.41 Å². The molecular weight excluding hydrogens is 724 g/mol. The highest BCUT2D eigenvalue weighted by molar-refractivity contribution is 9.10. The first-order valence-electron chi connectivity index (χ1n) is 18.2. The number of halogens is 1. The Morgan fingerprint density at radius 1 is 0.444 bits per heavy atom. The highest BCUT2D eigenvalue weighted by atomic mass is 79.9. The van der Waals surface area contributed by atoms with Crippen LogP contribution < -0.4 is 4.74 Å². The number of rotatable bonds is 4. The molecule has 0 saturated heterocycles. The number of para-hydroxylation sites is 4. The molecule has 8 aromatic carbocycles. The third-order valence-corrected chi connectivity index (χ3v) is 11.7. The van der Waals surface area contributed by atoms with E-state index in [1.807, 2.05) is 12.1 Å². The normalized spacial score (nSPS) is 13.2. The lowest BCUT2D eigenvalue weighted by Gasteiger charge is -2.39. The number of hydrogen-bond acceptors (Lipinski definition) is 2. The van der Waals surface area contributed by atoms with Crippen LogP contribution in [0, 0.1) is 0 Å². The van der Waals surface area contributed by atoms with Crippen molar-refractivity contribution >= 4 is 27.0 Å². The molecule has 0 radical (unpaired) electrons. The van der Waals surface area contributed by atoms with Gasteiger partial charge in [0.05, 0.1) is 16.4 Å². The van der Waals surface area contributed by atoms with Gasteiger partial charge in [0.15, 0.2) is 0 Å². The van der Waals surface area contributed by atoms with Gasteiger partial charge in [-0.1, -0.05) is 149 Å². The number of fused-ring (bicyclic) bond motifs is 10. The van der Waals surface area contributed by atoms with Gasteiger partial charge in [-0.15, -0.1) is 0 Å². The van der Waals surface area contributed by atoms with Gasteiger partial charge in [0, 0.05) is 26.9 Å². The molecule has 0 amide bonds. The Morgan fingerprint density at radius 3 is 1.69 bits per heavy atom. The van der Waals surface area contributed by atoms with Gasteiger partial charge in [0.25, 0.3) is 0 Å². The molecule has 1 aromatic heterocycles. The molecule has 9 aromatic rings. The fourth-order valence-corrected chi connectivity index (χ4v) is 9.14. The van der Waals surface area contributed by atoms with Gasteiger partial charge in [-0.25, -0.2) is 4.98 Å². The quantitative estimate of drug-likeness (QED) is 0.179. The topological polar surface area (TPSA) is 27.1 Å². The first kappa shape index (κ1) is 31.1. The first-order valence-corrected chi connectivity index (χ1v) is 19.0. The molecule has 1 aliphatic carbocycles. The largest absolute Gasteiger partial charge is 0.457 e. The number of benzene rings is 8. The predicted octanol–water partition coefficient (Wildman–Crippen LogP) is 13.3. The molecule has 1 aliphatic heterocycles. The highest BCUT2D eigenvalue weighted by Crippen LogP contribution is 2.62. The van der Waals surface area contributed by atoms with Crippen molar-refractivity contribution in [3.8, 4) is 62.0 Å². The summed E-state index contributed by atoms with van der Waals surface area (Å²) in [6, 6.07) is 67.2. The fourth-order valence-electron chi connectivity index (χ4n) is 8.78. The minimum absolute atomic E-state index is 0.515. The van der Waals surface area contributed by atoms with E-state index < -0.39 is 5.41 Å². The minimum Gasteiger partial charge on any atom is -0.457 e. The van der Waals surface area contributed by atoms with E-state index in [-0.39, 0.29) is 0 Å². The monoisotopic (exact) mass is 754 g/mol. The van der Waals surface area contributed by atoms with E-state index in [0.29, 0.717) is 0 Å². The second-order valence-corrected chi connectivity index (χ2v) is 15.0. The SMILES string of the molecule is Brc1ccc2c(c1)C1(c3ccccc3Oc3ccccc31)c1cc(-c3ccc(-c4ccc(-n5c(-c6ccccc6)nc6ccccc65)cc4)cc3)ccc1-2. The molecule has 54 heavy (non-hydrogen) atoms. The van der Waals surface area contributed by atoms with Crippen molar-refractivity contribution in [2.75, 3.05) is 0 Å². The zero-order valence-corrected chi connectivity index (χ0v) is 30.7. The standard InChI is InChI=1S/C50H31BrN2O/c51-37-25-29-40-39-28-24-36(30-43(39)50(44(40)31-37)41-12-4-8-16-47(41)54-48-17-9-5-13-42(48)50)34-20-18-32(19-21-34)33-22-26-38(27-23-33)53-46-15-7-6-14-45(46)52-49(53)35-10-2-1-3-11-35/h1-31H. The van der Waals surface area contributed by atoms with Gasteiger partial charge in [-0.05, 0) is 99.1 Å². The average Bonchev–Trinajstić information content (AvgIpc) is 3.75. The molecule has 254 valence electrons. The molecule has 2 aliphatic rings. The third kappa shape index (κ3) is 4.57. The molecule has 0 fully saturated rings. The summed E-state index contributed by atoms with van der Waals surface area (Å²) < 4.78 is 9.87. The van der Waals surface area contributed by atoms with Crippen molar-refractivity contribution in [2.24, 2.45) is 0 Å². The molecule has 0 atom stereocenters. The Morgan fingerprint density at radius 2 is 0.981 bits per heavy atom. The summed E-state index contributed by atoms with van der Waals surface area (Å²) >= 11 is 3.82. The van der Waals surface area contributed by atoms with Gasteiger partial charge in [-0.2, -0.15) is 0 Å². The molecule has 4 heteroatoms. The van der Waals surface area contributed by atoms with E-state index in [0.717, 1.165) is 55.2 Å². The van der Waals surface area contributed by atoms with Crippen molar-refractivity contribution in [3.05, 3.63) is 215 Å². The van der Waals surface area contributed by atoms with Gasteiger partial charge < -0.3 is 4.74 Å². The zero-order chi connectivity index (χ0) is 35.8. The summed E-state index contributed by atoms with van der Waals surface area (Å²) in [5.74, 6) is 2.73. The van der Waals surface area contributed by atoms with Crippen LogP contribution in [0.2, 0.25) is 0 Å². The Bertz CT molecular complexity index is 2860. The number of aromatic nitrogens is 2. The van der Waals surface area contributed by atoms with Crippen LogP contribution in [0.5, 0.6) is 11.5 Å². The van der Waals surface area contributed by atoms with Crippen molar-refractivity contribution in [2.45, 2.75) is 5.41 Å². The summed E-state index contributed by atoms with van der Waals surface area (Å²) in [5, 5.41) is 0. The molecule has 1 spiro atoms. The number of hydrogen-bond donors (Lipinski definition) is 0. The first-order chi connectivity index (χ1) is 26.7. The predicted molar refractivity (Wildman–Crippen MR) is 222 cm³/mol. The Labute approximate surface area is 321 Å². The molecular formula is C50H31BrN2O. The smallest absolute Gasteiger partial charge is 0.145 e. The van der Waals surface area contributed by atoms with Crippen molar-refractivity contribution in [1.29, 1.82) is 0 Å². The summed E-state index contributed by atoms with van der Waals surface area (Å²) in [4.78, 5) is 5.02. The van der Waals surface area contributed by atoms with E-state index in [2.05, 4.69) is 196 Å². The summed E-state index contributed by atoms with van der Waals surface area (Å²) in [5.41, 5.74) is 15.8. The van der Waals surface area contributed by atoms with Crippen LogP contribution >= 0.6 is 15.9 Å². The maximum absolute atomic E-state index is 6.55. The van der Waals surface area contributed by atoms with E-state index in [1.165, 1.54) is 44.5 Å². The maximum Gasteiger partial charge on any atom is 0.145 e. The van der Waals surface area contributed by atoms with Crippen LogP contribution in [-0.4, -0.2) is 9.55 Å². The molecule has 11 rings (SSSR count). The number of imidazole rings is 1. The summed E-state index contributed by atoms with van der Waals surface area (Å²) in [6.45, 7) is 0. The van der Waals surface area contributed by atoms with Crippen LogP contribution in [0.15, 0.2) is 193 Å². The van der Waals surface area contributed by atoms with Crippen LogP contribution in [0.1, 0.15) is 22.3 Å². The molecule has 3 nitrogen and oxygen atoms in total. The van der Waals surface area contributed by atoms with Crippen LogP contribution in [0.25, 0.3) is 61.5 Å². The average molecular weight is 756 g/mol. The van der Waals surface area contributed by atoms with Crippen molar-refractivity contribution in [1.82, 2.24) is 9.55 Å². The Balaban J connectivity index is 0.988. The van der Waals surface area contributed by atoms with Crippen LogP contribution in [0.4, 0.5) is 0 Å². The second kappa shape index (κ2) is 12.0. The van der Waals surface area contributed by atoms with E-state index >= 15 is 0 Å². The van der Waals surface area contributed by atoms with Crippen molar-refractivity contribution in [3.63, 3.8) is 0 Å².